The third-order valence-electron chi connectivity index (χ3n) is 9.40. The van der Waals surface area contributed by atoms with Crippen LogP contribution >= 0.6 is 0 Å². The third-order valence-corrected chi connectivity index (χ3v) is 9.40. The minimum atomic E-state index is -0.816. The summed E-state index contributed by atoms with van der Waals surface area (Å²) in [4.78, 5) is 37.6. The molecule has 0 N–H and O–H groups in total. The summed E-state index contributed by atoms with van der Waals surface area (Å²) in [5.74, 6) is -1.06. The van der Waals surface area contributed by atoms with Gasteiger partial charge in [0.15, 0.2) is 6.10 Å². The van der Waals surface area contributed by atoms with E-state index in [2.05, 4.69) is 93.7 Å². The van der Waals surface area contributed by atoms with E-state index in [9.17, 15) is 14.4 Å². The molecule has 0 saturated carbocycles. The van der Waals surface area contributed by atoms with Crippen molar-refractivity contribution in [2.24, 2.45) is 0 Å². The molecule has 0 aliphatic carbocycles. The standard InChI is InChI=1S/C51H84O6/c1-4-7-10-13-16-19-21-22-23-24-25-26-27-28-30-32-35-38-41-44-50(53)56-47-48(46-55-49(52)43-40-37-34-31-18-15-12-9-6-3)57-51(54)45-42-39-36-33-29-20-17-14-11-8-5-2/h7,9-10,12,14,16-19,22-23,31,37,40,48H,4-6,8,11,13,15,20-21,24-30,32-36,38-39,41-47H2,1-3H3/b10-7-,12-9-,17-14-,19-16-,23-22-,31-18-,40-37-. The van der Waals surface area contributed by atoms with Crippen molar-refractivity contribution in [3.8, 4) is 0 Å². The van der Waals surface area contributed by atoms with Crippen molar-refractivity contribution >= 4 is 17.9 Å². The van der Waals surface area contributed by atoms with Crippen LogP contribution in [0.25, 0.3) is 0 Å². The lowest BCUT2D eigenvalue weighted by Gasteiger charge is -2.18. The first-order valence-electron chi connectivity index (χ1n) is 23.1. The van der Waals surface area contributed by atoms with Gasteiger partial charge in [-0.1, -0.05) is 183 Å². The molecular weight excluding hydrogens is 709 g/mol. The highest BCUT2D eigenvalue weighted by Crippen LogP contribution is 2.13. The Morgan fingerprint density at radius 3 is 1.25 bits per heavy atom. The van der Waals surface area contributed by atoms with E-state index < -0.39 is 12.1 Å². The molecule has 0 heterocycles. The number of carbonyl (C=O) groups is 3. The SMILES string of the molecule is CC/C=C\C/C=C\C/C=C\CCCCCCCCCCCC(=O)OCC(COC(=O)C/C=C\C/C=C\C/C=C\CC)OC(=O)CCCCCCC/C=C\CCCC. The lowest BCUT2D eigenvalue weighted by Crippen LogP contribution is -2.30. The zero-order valence-corrected chi connectivity index (χ0v) is 36.8. The summed E-state index contributed by atoms with van der Waals surface area (Å²) in [6, 6.07) is 0. The van der Waals surface area contributed by atoms with Gasteiger partial charge in [-0.3, -0.25) is 14.4 Å². The molecule has 0 rings (SSSR count). The Morgan fingerprint density at radius 2 is 0.754 bits per heavy atom. The van der Waals surface area contributed by atoms with Crippen molar-refractivity contribution in [3.05, 3.63) is 85.1 Å². The van der Waals surface area contributed by atoms with Crippen molar-refractivity contribution in [2.75, 3.05) is 13.2 Å². The van der Waals surface area contributed by atoms with Crippen LogP contribution in [0.2, 0.25) is 0 Å². The normalized spacial score (nSPS) is 12.8. The minimum absolute atomic E-state index is 0.111. The molecular formula is C51H84O6. The predicted molar refractivity (Wildman–Crippen MR) is 242 cm³/mol. The van der Waals surface area contributed by atoms with Crippen LogP contribution in [0.3, 0.4) is 0 Å². The lowest BCUT2D eigenvalue weighted by molar-refractivity contribution is -0.166. The molecule has 0 aliphatic rings. The summed E-state index contributed by atoms with van der Waals surface area (Å²) in [5.41, 5.74) is 0. The highest BCUT2D eigenvalue weighted by molar-refractivity contribution is 5.72. The van der Waals surface area contributed by atoms with Crippen LogP contribution in [0.15, 0.2) is 85.1 Å². The molecule has 1 atom stereocenters. The highest BCUT2D eigenvalue weighted by atomic mass is 16.6. The summed E-state index contributed by atoms with van der Waals surface area (Å²) >= 11 is 0. The second kappa shape index (κ2) is 45.3. The fraction of sp³-hybridized carbons (Fsp3) is 0.667. The second-order valence-corrected chi connectivity index (χ2v) is 14.9. The molecule has 0 fully saturated rings. The number of rotatable bonds is 40. The Hall–Kier alpha value is -3.41. The fourth-order valence-corrected chi connectivity index (χ4v) is 5.97. The number of hydrogen-bond acceptors (Lipinski definition) is 6. The van der Waals surface area contributed by atoms with Crippen LogP contribution in [-0.2, 0) is 28.6 Å². The first kappa shape index (κ1) is 53.6. The van der Waals surface area contributed by atoms with E-state index in [1.807, 2.05) is 6.08 Å². The number of esters is 3. The zero-order chi connectivity index (χ0) is 41.5. The number of ether oxygens (including phenoxy) is 3. The topological polar surface area (TPSA) is 78.9 Å². The Labute approximate surface area is 350 Å². The maximum atomic E-state index is 12.7. The molecule has 6 heteroatoms. The summed E-state index contributed by atoms with van der Waals surface area (Å²) < 4.78 is 16.6. The van der Waals surface area contributed by atoms with Gasteiger partial charge in [-0.2, -0.15) is 0 Å². The van der Waals surface area contributed by atoms with Gasteiger partial charge < -0.3 is 14.2 Å². The van der Waals surface area contributed by atoms with Crippen molar-refractivity contribution in [2.45, 2.75) is 207 Å². The summed E-state index contributed by atoms with van der Waals surface area (Å²) in [7, 11) is 0. The molecule has 0 saturated heterocycles. The van der Waals surface area contributed by atoms with E-state index in [1.54, 1.807) is 6.08 Å². The molecule has 0 bridgehead atoms. The number of carbonyl (C=O) groups excluding carboxylic acids is 3. The van der Waals surface area contributed by atoms with Gasteiger partial charge >= 0.3 is 17.9 Å². The van der Waals surface area contributed by atoms with Gasteiger partial charge in [0.1, 0.15) is 13.2 Å². The maximum absolute atomic E-state index is 12.7. The van der Waals surface area contributed by atoms with Crippen molar-refractivity contribution < 1.29 is 28.6 Å². The van der Waals surface area contributed by atoms with Gasteiger partial charge in [0.25, 0.3) is 0 Å². The number of allylic oxidation sites excluding steroid dienone is 13. The van der Waals surface area contributed by atoms with E-state index in [4.69, 9.17) is 14.2 Å². The maximum Gasteiger partial charge on any atom is 0.309 e. The van der Waals surface area contributed by atoms with Gasteiger partial charge in [-0.25, -0.2) is 0 Å². The van der Waals surface area contributed by atoms with Crippen LogP contribution in [-0.4, -0.2) is 37.2 Å². The zero-order valence-electron chi connectivity index (χ0n) is 36.8. The van der Waals surface area contributed by atoms with E-state index in [0.717, 1.165) is 89.9 Å². The number of hydrogen-bond donors (Lipinski definition) is 0. The molecule has 0 amide bonds. The van der Waals surface area contributed by atoms with Gasteiger partial charge in [0, 0.05) is 12.8 Å². The van der Waals surface area contributed by atoms with Gasteiger partial charge in [0.2, 0.25) is 0 Å². The molecule has 324 valence electrons. The van der Waals surface area contributed by atoms with Crippen LogP contribution in [0, 0.1) is 0 Å². The Balaban J connectivity index is 4.36. The molecule has 0 aliphatic heterocycles. The molecule has 6 nitrogen and oxygen atoms in total. The summed E-state index contributed by atoms with van der Waals surface area (Å²) in [5, 5.41) is 0. The third kappa shape index (κ3) is 43.6. The predicted octanol–water partition coefficient (Wildman–Crippen LogP) is 14.9. The van der Waals surface area contributed by atoms with Crippen molar-refractivity contribution in [3.63, 3.8) is 0 Å². The molecule has 0 aromatic carbocycles. The molecule has 0 aromatic rings. The Bertz CT molecular complexity index is 1140. The number of unbranched alkanes of at least 4 members (excludes halogenated alkanes) is 16. The molecule has 0 radical (unpaired) electrons. The monoisotopic (exact) mass is 793 g/mol. The Kier molecular flexibility index (Phi) is 42.6. The average molecular weight is 793 g/mol. The van der Waals surface area contributed by atoms with Crippen LogP contribution in [0.1, 0.15) is 201 Å². The van der Waals surface area contributed by atoms with Crippen LogP contribution < -0.4 is 0 Å². The van der Waals surface area contributed by atoms with Gasteiger partial charge in [-0.15, -0.1) is 0 Å². The van der Waals surface area contributed by atoms with E-state index in [1.165, 1.54) is 70.6 Å². The van der Waals surface area contributed by atoms with Crippen LogP contribution in [0.5, 0.6) is 0 Å². The van der Waals surface area contributed by atoms with E-state index >= 15 is 0 Å². The quantitative estimate of drug-likeness (QED) is 0.0266. The highest BCUT2D eigenvalue weighted by Gasteiger charge is 2.19. The summed E-state index contributed by atoms with van der Waals surface area (Å²) in [6.07, 6.45) is 57.5. The van der Waals surface area contributed by atoms with E-state index in [-0.39, 0.29) is 31.6 Å². The average Bonchev–Trinajstić information content (AvgIpc) is 3.21. The first-order chi connectivity index (χ1) is 28.0. The van der Waals surface area contributed by atoms with Crippen molar-refractivity contribution in [1.82, 2.24) is 0 Å². The van der Waals surface area contributed by atoms with Crippen LogP contribution in [0.4, 0.5) is 0 Å². The smallest absolute Gasteiger partial charge is 0.309 e. The minimum Gasteiger partial charge on any atom is -0.462 e. The molecule has 57 heavy (non-hydrogen) atoms. The first-order valence-corrected chi connectivity index (χ1v) is 23.1. The van der Waals surface area contributed by atoms with Gasteiger partial charge in [0.05, 0.1) is 6.42 Å². The largest absolute Gasteiger partial charge is 0.462 e. The fourth-order valence-electron chi connectivity index (χ4n) is 5.97. The van der Waals surface area contributed by atoms with Gasteiger partial charge in [-0.05, 0) is 83.5 Å². The molecule has 1 unspecified atom stereocenters. The summed E-state index contributed by atoms with van der Waals surface area (Å²) in [6.45, 7) is 6.24. The second-order valence-electron chi connectivity index (χ2n) is 14.9. The lowest BCUT2D eigenvalue weighted by atomic mass is 10.1. The molecule has 0 aromatic heterocycles. The van der Waals surface area contributed by atoms with Crippen molar-refractivity contribution in [1.29, 1.82) is 0 Å². The molecule has 0 spiro atoms. The Morgan fingerprint density at radius 1 is 0.386 bits per heavy atom. The van der Waals surface area contributed by atoms with E-state index in [0.29, 0.717) is 12.8 Å².